The summed E-state index contributed by atoms with van der Waals surface area (Å²) >= 11 is 0. The van der Waals surface area contributed by atoms with Crippen LogP contribution in [0, 0.1) is 10.8 Å². The van der Waals surface area contributed by atoms with Crippen LogP contribution in [0.5, 0.6) is 0 Å². The van der Waals surface area contributed by atoms with Gasteiger partial charge in [-0.2, -0.15) is 0 Å². The molecule has 1 saturated heterocycles. The first-order valence-corrected chi connectivity index (χ1v) is 6.20. The van der Waals surface area contributed by atoms with Gasteiger partial charge in [-0.15, -0.1) is 0 Å². The Labute approximate surface area is 108 Å². The minimum Gasteiger partial charge on any atom is -0.481 e. The fourth-order valence-corrected chi connectivity index (χ4v) is 2.28. The Hall–Kier alpha value is -1.10. The van der Waals surface area contributed by atoms with Gasteiger partial charge in [-0.05, 0) is 11.8 Å². The van der Waals surface area contributed by atoms with Crippen molar-refractivity contribution in [1.29, 1.82) is 0 Å². The van der Waals surface area contributed by atoms with Crippen LogP contribution in [0.1, 0.15) is 33.6 Å². The maximum absolute atomic E-state index is 12.1. The molecule has 0 bridgehead atoms. The lowest BCUT2D eigenvalue weighted by Gasteiger charge is -2.26. The fourth-order valence-electron chi connectivity index (χ4n) is 2.28. The Kier molecular flexibility index (Phi) is 4.37. The van der Waals surface area contributed by atoms with Gasteiger partial charge >= 0.3 is 5.97 Å². The second-order valence-corrected chi connectivity index (χ2v) is 6.32. The highest BCUT2D eigenvalue weighted by Crippen LogP contribution is 2.32. The molecule has 0 radical (unpaired) electrons. The molecule has 1 amide bonds. The van der Waals surface area contributed by atoms with Gasteiger partial charge in [-0.1, -0.05) is 20.8 Å². The van der Waals surface area contributed by atoms with Crippen molar-refractivity contribution in [3.8, 4) is 0 Å². The molecule has 1 heterocycles. The lowest BCUT2D eigenvalue weighted by molar-refractivity contribution is -0.151. The molecule has 0 saturated carbocycles. The summed E-state index contributed by atoms with van der Waals surface area (Å²) in [5.41, 5.74) is -1.00. The standard InChI is InChI=1S/C13H23NO4/c1-12(2,3)7-10(15)14-6-5-13(8-14,9-18-4)11(16)17/h5-9H2,1-4H3,(H,16,17). The van der Waals surface area contributed by atoms with E-state index in [1.165, 1.54) is 7.11 Å². The van der Waals surface area contributed by atoms with Gasteiger partial charge in [0.25, 0.3) is 0 Å². The number of carbonyl (C=O) groups excluding carboxylic acids is 1. The van der Waals surface area contributed by atoms with E-state index in [-0.39, 0.29) is 24.5 Å². The molecule has 18 heavy (non-hydrogen) atoms. The maximum Gasteiger partial charge on any atom is 0.313 e. The van der Waals surface area contributed by atoms with Crippen molar-refractivity contribution in [2.75, 3.05) is 26.8 Å². The molecule has 0 aromatic rings. The Morgan fingerprint density at radius 1 is 1.39 bits per heavy atom. The van der Waals surface area contributed by atoms with E-state index in [2.05, 4.69) is 0 Å². The Morgan fingerprint density at radius 2 is 2.00 bits per heavy atom. The van der Waals surface area contributed by atoms with Crippen LogP contribution in [0.15, 0.2) is 0 Å². The van der Waals surface area contributed by atoms with Gasteiger partial charge in [-0.25, -0.2) is 0 Å². The van der Waals surface area contributed by atoms with Gasteiger partial charge in [0.2, 0.25) is 5.91 Å². The number of methoxy groups -OCH3 is 1. The summed E-state index contributed by atoms with van der Waals surface area (Å²) in [6, 6.07) is 0. The van der Waals surface area contributed by atoms with Gasteiger partial charge in [0, 0.05) is 26.6 Å². The zero-order valence-corrected chi connectivity index (χ0v) is 11.7. The van der Waals surface area contributed by atoms with Gasteiger partial charge < -0.3 is 14.7 Å². The number of likely N-dealkylation sites (tertiary alicyclic amines) is 1. The SMILES string of the molecule is COCC1(C(=O)O)CCN(C(=O)CC(C)(C)C)C1. The summed E-state index contributed by atoms with van der Waals surface area (Å²) in [5, 5.41) is 9.31. The third-order valence-electron chi connectivity index (χ3n) is 3.26. The maximum atomic E-state index is 12.1. The number of carbonyl (C=O) groups is 2. The van der Waals surface area contributed by atoms with Crippen molar-refractivity contribution in [1.82, 2.24) is 4.90 Å². The first kappa shape index (κ1) is 15.0. The van der Waals surface area contributed by atoms with Gasteiger partial charge in [0.05, 0.1) is 6.61 Å². The van der Waals surface area contributed by atoms with E-state index in [1.807, 2.05) is 20.8 Å². The third kappa shape index (κ3) is 3.45. The van der Waals surface area contributed by atoms with Crippen molar-refractivity contribution in [2.45, 2.75) is 33.6 Å². The summed E-state index contributed by atoms with van der Waals surface area (Å²) in [5.74, 6) is -0.850. The molecular weight excluding hydrogens is 234 g/mol. The van der Waals surface area contributed by atoms with Crippen LogP contribution in [-0.2, 0) is 14.3 Å². The number of ether oxygens (including phenoxy) is 1. The predicted molar refractivity (Wildman–Crippen MR) is 67.2 cm³/mol. The average molecular weight is 257 g/mol. The Balaban J connectivity index is 2.69. The summed E-state index contributed by atoms with van der Waals surface area (Å²) in [6.07, 6.45) is 0.905. The second-order valence-electron chi connectivity index (χ2n) is 6.32. The smallest absolute Gasteiger partial charge is 0.313 e. The zero-order valence-electron chi connectivity index (χ0n) is 11.7. The minimum absolute atomic E-state index is 0.0294. The van der Waals surface area contributed by atoms with Crippen LogP contribution in [0.4, 0.5) is 0 Å². The molecule has 1 aliphatic heterocycles. The van der Waals surface area contributed by atoms with Crippen LogP contribution < -0.4 is 0 Å². The second kappa shape index (κ2) is 5.26. The quantitative estimate of drug-likeness (QED) is 0.826. The molecule has 1 rings (SSSR count). The molecule has 1 fully saturated rings. The van der Waals surface area contributed by atoms with Crippen LogP contribution in [0.3, 0.4) is 0 Å². The normalized spacial score (nSPS) is 24.3. The molecule has 0 aliphatic carbocycles. The topological polar surface area (TPSA) is 66.8 Å². The number of amides is 1. The molecule has 1 unspecified atom stereocenters. The highest BCUT2D eigenvalue weighted by molar-refractivity contribution is 5.81. The highest BCUT2D eigenvalue weighted by atomic mass is 16.5. The minimum atomic E-state index is -0.928. The molecular formula is C13H23NO4. The van der Waals surface area contributed by atoms with Crippen LogP contribution in [-0.4, -0.2) is 48.7 Å². The molecule has 1 atom stereocenters. The summed E-state index contributed by atoms with van der Waals surface area (Å²) < 4.78 is 5.00. The Morgan fingerprint density at radius 3 is 2.44 bits per heavy atom. The van der Waals surface area contributed by atoms with E-state index >= 15 is 0 Å². The van der Waals surface area contributed by atoms with Crippen molar-refractivity contribution in [3.63, 3.8) is 0 Å². The number of rotatable bonds is 4. The molecule has 0 aromatic heterocycles. The molecule has 0 aromatic carbocycles. The molecule has 104 valence electrons. The van der Waals surface area contributed by atoms with Crippen LogP contribution in [0.2, 0.25) is 0 Å². The van der Waals surface area contributed by atoms with Gasteiger partial charge in [-0.3, -0.25) is 9.59 Å². The average Bonchev–Trinajstić information content (AvgIpc) is 2.61. The number of hydrogen-bond acceptors (Lipinski definition) is 3. The predicted octanol–water partition coefficient (Wildman–Crippen LogP) is 1.37. The first-order chi connectivity index (χ1) is 8.20. The molecule has 5 heteroatoms. The van der Waals surface area contributed by atoms with E-state index in [4.69, 9.17) is 4.74 Å². The van der Waals surface area contributed by atoms with E-state index in [9.17, 15) is 14.7 Å². The van der Waals surface area contributed by atoms with E-state index in [1.54, 1.807) is 4.90 Å². The third-order valence-corrected chi connectivity index (χ3v) is 3.26. The largest absolute Gasteiger partial charge is 0.481 e. The first-order valence-electron chi connectivity index (χ1n) is 6.20. The van der Waals surface area contributed by atoms with E-state index < -0.39 is 11.4 Å². The summed E-state index contributed by atoms with van der Waals surface area (Å²) in [7, 11) is 1.49. The van der Waals surface area contributed by atoms with Crippen molar-refractivity contribution < 1.29 is 19.4 Å². The fraction of sp³-hybridized carbons (Fsp3) is 0.846. The van der Waals surface area contributed by atoms with Crippen molar-refractivity contribution in [2.24, 2.45) is 10.8 Å². The molecule has 0 spiro atoms. The van der Waals surface area contributed by atoms with Crippen LogP contribution >= 0.6 is 0 Å². The number of hydrogen-bond donors (Lipinski definition) is 1. The van der Waals surface area contributed by atoms with Crippen molar-refractivity contribution in [3.05, 3.63) is 0 Å². The monoisotopic (exact) mass is 257 g/mol. The summed E-state index contributed by atoms with van der Waals surface area (Å²) in [6.45, 7) is 6.92. The number of carboxylic acids is 1. The lowest BCUT2D eigenvalue weighted by Crippen LogP contribution is -2.40. The molecule has 5 nitrogen and oxygen atoms in total. The number of aliphatic carboxylic acids is 1. The number of nitrogens with zero attached hydrogens (tertiary/aromatic N) is 1. The van der Waals surface area contributed by atoms with Gasteiger partial charge in [0.1, 0.15) is 5.41 Å². The Bertz CT molecular complexity index is 334. The van der Waals surface area contributed by atoms with Crippen LogP contribution in [0.25, 0.3) is 0 Å². The van der Waals surface area contributed by atoms with Gasteiger partial charge in [0.15, 0.2) is 0 Å². The van der Waals surface area contributed by atoms with Crippen molar-refractivity contribution >= 4 is 11.9 Å². The van der Waals surface area contributed by atoms with E-state index in [0.29, 0.717) is 19.4 Å². The highest BCUT2D eigenvalue weighted by Gasteiger charge is 2.46. The lowest BCUT2D eigenvalue weighted by atomic mass is 9.88. The zero-order chi connectivity index (χ0) is 14.0. The molecule has 1 N–H and O–H groups in total. The summed E-state index contributed by atoms with van der Waals surface area (Å²) in [4.78, 5) is 25.1. The number of carboxylic acid groups (broad SMARTS) is 1. The molecule has 1 aliphatic rings. The van der Waals surface area contributed by atoms with E-state index in [0.717, 1.165) is 0 Å².